The zero-order chi connectivity index (χ0) is 22.1. The minimum absolute atomic E-state index is 0.126. The summed E-state index contributed by atoms with van der Waals surface area (Å²) in [6, 6.07) is 22.5. The standard InChI is InChI=1S/C25H18BrN3O3/c1-2-31-17-13-11-16(12-14-17)29-15-21(18-7-3-4-8-19(18)25(29)30)24-27-23(28-32-24)20-9-5-6-10-22(20)26/h3-15H,2H2,1H3. The van der Waals surface area contributed by atoms with Crippen molar-refractivity contribution in [1.29, 1.82) is 0 Å². The topological polar surface area (TPSA) is 70.2 Å². The minimum Gasteiger partial charge on any atom is -0.494 e. The molecule has 158 valence electrons. The second-order valence-electron chi connectivity index (χ2n) is 7.09. The maximum absolute atomic E-state index is 13.3. The van der Waals surface area contributed by atoms with Crippen molar-refractivity contribution in [3.63, 3.8) is 0 Å². The summed E-state index contributed by atoms with van der Waals surface area (Å²) in [4.78, 5) is 17.9. The average molecular weight is 488 g/mol. The van der Waals surface area contributed by atoms with Crippen molar-refractivity contribution in [1.82, 2.24) is 14.7 Å². The van der Waals surface area contributed by atoms with E-state index in [-0.39, 0.29) is 5.56 Å². The molecule has 0 spiro atoms. The number of pyridine rings is 1. The molecule has 32 heavy (non-hydrogen) atoms. The average Bonchev–Trinajstić information content (AvgIpc) is 3.30. The van der Waals surface area contributed by atoms with Crippen LogP contribution in [-0.2, 0) is 0 Å². The number of aromatic nitrogens is 3. The number of fused-ring (bicyclic) bond motifs is 1. The predicted octanol–water partition coefficient (Wildman–Crippen LogP) is 5.87. The molecule has 0 saturated carbocycles. The molecule has 0 aliphatic carbocycles. The van der Waals surface area contributed by atoms with Crippen LogP contribution in [0.4, 0.5) is 0 Å². The van der Waals surface area contributed by atoms with E-state index >= 15 is 0 Å². The summed E-state index contributed by atoms with van der Waals surface area (Å²) < 4.78 is 13.6. The highest BCUT2D eigenvalue weighted by Crippen LogP contribution is 2.31. The largest absolute Gasteiger partial charge is 0.494 e. The number of nitrogens with zero attached hydrogens (tertiary/aromatic N) is 3. The van der Waals surface area contributed by atoms with E-state index in [1.54, 1.807) is 16.8 Å². The summed E-state index contributed by atoms with van der Waals surface area (Å²) in [6.45, 7) is 2.51. The highest BCUT2D eigenvalue weighted by molar-refractivity contribution is 9.10. The summed E-state index contributed by atoms with van der Waals surface area (Å²) in [7, 11) is 0. The highest BCUT2D eigenvalue weighted by atomic mass is 79.9. The molecule has 0 aliphatic heterocycles. The second kappa shape index (κ2) is 8.43. The first-order valence-corrected chi connectivity index (χ1v) is 10.9. The zero-order valence-corrected chi connectivity index (χ0v) is 18.7. The van der Waals surface area contributed by atoms with Crippen LogP contribution in [0.1, 0.15) is 6.92 Å². The van der Waals surface area contributed by atoms with Crippen LogP contribution in [0, 0.1) is 0 Å². The van der Waals surface area contributed by atoms with Crippen LogP contribution in [0.25, 0.3) is 39.3 Å². The Morgan fingerprint density at radius 2 is 1.66 bits per heavy atom. The Labute approximate surface area is 192 Å². The monoisotopic (exact) mass is 487 g/mol. The fraction of sp³-hybridized carbons (Fsp3) is 0.0800. The molecule has 0 fully saturated rings. The van der Waals surface area contributed by atoms with E-state index in [4.69, 9.17) is 9.26 Å². The Kier molecular flexibility index (Phi) is 5.33. The van der Waals surface area contributed by atoms with Crippen molar-refractivity contribution >= 4 is 26.7 Å². The van der Waals surface area contributed by atoms with Crippen LogP contribution >= 0.6 is 15.9 Å². The molecule has 7 heteroatoms. The van der Waals surface area contributed by atoms with Crippen LogP contribution in [0.2, 0.25) is 0 Å². The SMILES string of the molecule is CCOc1ccc(-n2cc(-c3nc(-c4ccccc4Br)no3)c3ccccc3c2=O)cc1. The van der Waals surface area contributed by atoms with Gasteiger partial charge in [0.05, 0.1) is 12.2 Å². The van der Waals surface area contributed by atoms with Gasteiger partial charge >= 0.3 is 0 Å². The Morgan fingerprint density at radius 1 is 0.938 bits per heavy atom. The molecule has 0 N–H and O–H groups in total. The van der Waals surface area contributed by atoms with Crippen molar-refractivity contribution in [2.45, 2.75) is 6.92 Å². The molecule has 0 radical (unpaired) electrons. The van der Waals surface area contributed by atoms with Gasteiger partial charge in [-0.05, 0) is 49.4 Å². The molecule has 0 aliphatic rings. The Hall–Kier alpha value is -3.71. The number of hydrogen-bond donors (Lipinski definition) is 0. The molecule has 5 aromatic rings. The van der Waals surface area contributed by atoms with Gasteiger partial charge in [0, 0.05) is 32.7 Å². The summed E-state index contributed by atoms with van der Waals surface area (Å²) in [5.41, 5.74) is 2.10. The number of rotatable bonds is 5. The van der Waals surface area contributed by atoms with Crippen LogP contribution < -0.4 is 10.3 Å². The van der Waals surface area contributed by atoms with Crippen LogP contribution in [-0.4, -0.2) is 21.3 Å². The van der Waals surface area contributed by atoms with Gasteiger partial charge in [-0.15, -0.1) is 0 Å². The van der Waals surface area contributed by atoms with Crippen molar-refractivity contribution < 1.29 is 9.26 Å². The van der Waals surface area contributed by atoms with E-state index in [0.717, 1.165) is 26.9 Å². The number of halogens is 1. The van der Waals surface area contributed by atoms with Crippen LogP contribution in [0.3, 0.4) is 0 Å². The minimum atomic E-state index is -0.126. The van der Waals surface area contributed by atoms with Crippen molar-refractivity contribution in [2.75, 3.05) is 6.61 Å². The molecule has 0 atom stereocenters. The predicted molar refractivity (Wildman–Crippen MR) is 127 cm³/mol. The molecule has 0 bridgehead atoms. The maximum Gasteiger partial charge on any atom is 0.262 e. The molecule has 0 saturated heterocycles. The third-order valence-electron chi connectivity index (χ3n) is 5.12. The highest BCUT2D eigenvalue weighted by Gasteiger charge is 2.18. The fourth-order valence-electron chi connectivity index (χ4n) is 3.61. The van der Waals surface area contributed by atoms with Gasteiger partial charge in [0.25, 0.3) is 11.4 Å². The van der Waals surface area contributed by atoms with E-state index < -0.39 is 0 Å². The third-order valence-corrected chi connectivity index (χ3v) is 5.81. The first-order valence-electron chi connectivity index (χ1n) is 10.1. The van der Waals surface area contributed by atoms with Crippen LogP contribution in [0.15, 0.2) is 92.8 Å². The lowest BCUT2D eigenvalue weighted by Gasteiger charge is -2.11. The Balaban J connectivity index is 1.68. The molecular formula is C25H18BrN3O3. The van der Waals surface area contributed by atoms with Gasteiger partial charge < -0.3 is 9.26 Å². The van der Waals surface area contributed by atoms with Crippen molar-refractivity contribution in [3.05, 3.63) is 93.8 Å². The lowest BCUT2D eigenvalue weighted by atomic mass is 10.1. The second-order valence-corrected chi connectivity index (χ2v) is 7.95. The summed E-state index contributed by atoms with van der Waals surface area (Å²) >= 11 is 3.53. The number of hydrogen-bond acceptors (Lipinski definition) is 5. The summed E-state index contributed by atoms with van der Waals surface area (Å²) in [6.07, 6.45) is 1.75. The van der Waals surface area contributed by atoms with Gasteiger partial charge in [-0.25, -0.2) is 0 Å². The summed E-state index contributed by atoms with van der Waals surface area (Å²) in [5.74, 6) is 1.56. The molecule has 6 nitrogen and oxygen atoms in total. The molecule has 5 rings (SSSR count). The van der Waals surface area contributed by atoms with Gasteiger partial charge in [0.1, 0.15) is 5.75 Å². The molecule has 2 heterocycles. The lowest BCUT2D eigenvalue weighted by Crippen LogP contribution is -2.18. The maximum atomic E-state index is 13.3. The Morgan fingerprint density at radius 3 is 2.41 bits per heavy atom. The van der Waals surface area contributed by atoms with Gasteiger partial charge in [-0.2, -0.15) is 4.98 Å². The molecule has 0 amide bonds. The first kappa shape index (κ1) is 20.2. The van der Waals surface area contributed by atoms with E-state index in [1.165, 1.54) is 0 Å². The molecule has 2 aromatic heterocycles. The van der Waals surface area contributed by atoms with E-state index in [0.29, 0.717) is 29.3 Å². The van der Waals surface area contributed by atoms with E-state index in [1.807, 2.05) is 73.7 Å². The van der Waals surface area contributed by atoms with Gasteiger partial charge in [-0.1, -0.05) is 51.4 Å². The van der Waals surface area contributed by atoms with Gasteiger partial charge in [0.15, 0.2) is 0 Å². The van der Waals surface area contributed by atoms with Gasteiger partial charge in [-0.3, -0.25) is 9.36 Å². The van der Waals surface area contributed by atoms with Crippen molar-refractivity contribution in [3.8, 4) is 34.3 Å². The number of ether oxygens (including phenoxy) is 1. The number of benzene rings is 3. The van der Waals surface area contributed by atoms with Crippen molar-refractivity contribution in [2.24, 2.45) is 0 Å². The Bertz CT molecular complexity index is 1470. The molecule has 3 aromatic carbocycles. The first-order chi connectivity index (χ1) is 15.7. The lowest BCUT2D eigenvalue weighted by molar-refractivity contribution is 0.340. The molecular weight excluding hydrogens is 470 g/mol. The van der Waals surface area contributed by atoms with Crippen LogP contribution in [0.5, 0.6) is 5.75 Å². The summed E-state index contributed by atoms with van der Waals surface area (Å²) in [5, 5.41) is 5.49. The smallest absolute Gasteiger partial charge is 0.262 e. The normalized spacial score (nSPS) is 11.1. The van der Waals surface area contributed by atoms with E-state index in [9.17, 15) is 4.79 Å². The van der Waals surface area contributed by atoms with E-state index in [2.05, 4.69) is 26.1 Å². The fourth-order valence-corrected chi connectivity index (χ4v) is 4.07. The quantitative estimate of drug-likeness (QED) is 0.310. The third kappa shape index (κ3) is 3.61. The van der Waals surface area contributed by atoms with Gasteiger partial charge in [0.2, 0.25) is 5.82 Å². The molecule has 0 unspecified atom stereocenters. The zero-order valence-electron chi connectivity index (χ0n) is 17.2.